The zero-order valence-corrected chi connectivity index (χ0v) is 15.0. The summed E-state index contributed by atoms with van der Waals surface area (Å²) in [5.41, 5.74) is 1.19. The van der Waals surface area contributed by atoms with Gasteiger partial charge in [-0.1, -0.05) is 24.6 Å². The first kappa shape index (κ1) is 17.6. The molecule has 1 saturated carbocycles. The average Bonchev–Trinajstić information content (AvgIpc) is 3.36. The van der Waals surface area contributed by atoms with Crippen molar-refractivity contribution in [3.63, 3.8) is 0 Å². The van der Waals surface area contributed by atoms with Gasteiger partial charge in [-0.15, -0.1) is 0 Å². The molecule has 2 fully saturated rings. The van der Waals surface area contributed by atoms with E-state index in [1.807, 2.05) is 36.1 Å². The molecule has 2 atom stereocenters. The van der Waals surface area contributed by atoms with E-state index in [2.05, 4.69) is 12.2 Å². The van der Waals surface area contributed by atoms with Gasteiger partial charge in [-0.3, -0.25) is 4.79 Å². The highest BCUT2D eigenvalue weighted by molar-refractivity contribution is 5.82. The van der Waals surface area contributed by atoms with Crippen molar-refractivity contribution in [2.75, 3.05) is 39.3 Å². The fraction of sp³-hybridized carbons (Fsp3) is 0.579. The molecule has 25 heavy (non-hydrogen) atoms. The van der Waals surface area contributed by atoms with E-state index >= 15 is 0 Å². The third-order valence-corrected chi connectivity index (χ3v) is 4.97. The van der Waals surface area contributed by atoms with Crippen LogP contribution < -0.4 is 10.1 Å². The average molecular weight is 345 g/mol. The van der Waals surface area contributed by atoms with Crippen molar-refractivity contribution in [2.45, 2.75) is 20.3 Å². The Morgan fingerprint density at radius 2 is 1.72 bits per heavy atom. The maximum atomic E-state index is 12.2. The summed E-state index contributed by atoms with van der Waals surface area (Å²) >= 11 is 0. The Bertz CT molecular complexity index is 609. The minimum absolute atomic E-state index is 0.0839. The van der Waals surface area contributed by atoms with Crippen LogP contribution in [0.5, 0.6) is 5.75 Å². The van der Waals surface area contributed by atoms with Gasteiger partial charge >= 0.3 is 6.03 Å². The zero-order valence-electron chi connectivity index (χ0n) is 15.0. The summed E-state index contributed by atoms with van der Waals surface area (Å²) < 4.78 is 5.60. The molecule has 1 aliphatic heterocycles. The third-order valence-electron chi connectivity index (χ3n) is 4.97. The molecule has 1 saturated heterocycles. The van der Waals surface area contributed by atoms with Crippen molar-refractivity contribution in [3.05, 3.63) is 29.8 Å². The predicted octanol–water partition coefficient (Wildman–Crippen LogP) is 1.88. The molecule has 1 heterocycles. The van der Waals surface area contributed by atoms with Gasteiger partial charge in [0.25, 0.3) is 0 Å². The number of benzene rings is 1. The lowest BCUT2D eigenvalue weighted by Crippen LogP contribution is -2.53. The van der Waals surface area contributed by atoms with E-state index < -0.39 is 0 Å². The number of aryl methyl sites for hydroxylation is 1. The van der Waals surface area contributed by atoms with Crippen LogP contribution in [0.2, 0.25) is 0 Å². The van der Waals surface area contributed by atoms with Gasteiger partial charge in [0.15, 0.2) is 0 Å². The van der Waals surface area contributed by atoms with Gasteiger partial charge in [-0.05, 0) is 31.4 Å². The monoisotopic (exact) mass is 345 g/mol. The summed E-state index contributed by atoms with van der Waals surface area (Å²) in [4.78, 5) is 28.1. The Morgan fingerprint density at radius 3 is 2.32 bits per heavy atom. The fourth-order valence-corrected chi connectivity index (χ4v) is 3.10. The minimum atomic E-state index is -0.0839. The van der Waals surface area contributed by atoms with Crippen molar-refractivity contribution < 1.29 is 14.3 Å². The lowest BCUT2D eigenvalue weighted by atomic mass is 10.2. The molecule has 0 aromatic heterocycles. The molecule has 1 aromatic rings. The highest BCUT2D eigenvalue weighted by atomic mass is 16.5. The summed E-state index contributed by atoms with van der Waals surface area (Å²) in [7, 11) is 0. The van der Waals surface area contributed by atoms with E-state index in [1.54, 1.807) is 4.90 Å². The van der Waals surface area contributed by atoms with Crippen LogP contribution in [0.4, 0.5) is 4.79 Å². The summed E-state index contributed by atoms with van der Waals surface area (Å²) in [6, 6.07) is 7.76. The number of ether oxygens (including phenoxy) is 1. The maximum Gasteiger partial charge on any atom is 0.317 e. The number of carbonyl (C=O) groups is 2. The SMILES string of the molecule is Cc1ccc(OCCNC(=O)N2CCN(C(=O)C3CC3C)CC2)cc1. The zero-order chi connectivity index (χ0) is 17.8. The molecule has 1 N–H and O–H groups in total. The van der Waals surface area contributed by atoms with Crippen molar-refractivity contribution in [2.24, 2.45) is 11.8 Å². The van der Waals surface area contributed by atoms with Crippen molar-refractivity contribution in [3.8, 4) is 5.75 Å². The molecule has 3 amide bonds. The lowest BCUT2D eigenvalue weighted by molar-refractivity contribution is -0.134. The van der Waals surface area contributed by atoms with Gasteiger partial charge in [-0.2, -0.15) is 0 Å². The molecule has 0 bridgehead atoms. The summed E-state index contributed by atoms with van der Waals surface area (Å²) in [6.07, 6.45) is 1.01. The van der Waals surface area contributed by atoms with Crippen LogP contribution in [0.25, 0.3) is 0 Å². The molecule has 2 aliphatic rings. The first-order valence-electron chi connectivity index (χ1n) is 9.05. The number of hydrogen-bond donors (Lipinski definition) is 1. The van der Waals surface area contributed by atoms with E-state index in [0.29, 0.717) is 45.2 Å². The van der Waals surface area contributed by atoms with E-state index in [4.69, 9.17) is 4.74 Å². The number of piperazine rings is 1. The van der Waals surface area contributed by atoms with E-state index in [1.165, 1.54) is 5.56 Å². The van der Waals surface area contributed by atoms with Gasteiger partial charge in [0, 0.05) is 32.1 Å². The molecule has 1 aliphatic carbocycles. The molecule has 0 spiro atoms. The van der Waals surface area contributed by atoms with Crippen molar-refractivity contribution in [1.82, 2.24) is 15.1 Å². The van der Waals surface area contributed by atoms with Gasteiger partial charge in [-0.25, -0.2) is 4.79 Å². The Morgan fingerprint density at radius 1 is 1.12 bits per heavy atom. The molecular formula is C19H27N3O3. The highest BCUT2D eigenvalue weighted by Gasteiger charge is 2.42. The molecule has 3 rings (SSSR count). The predicted molar refractivity (Wildman–Crippen MR) is 95.5 cm³/mol. The van der Waals surface area contributed by atoms with E-state index in [0.717, 1.165) is 12.2 Å². The number of nitrogens with one attached hydrogen (secondary N) is 1. The smallest absolute Gasteiger partial charge is 0.317 e. The normalized spacial score (nSPS) is 22.5. The fourth-order valence-electron chi connectivity index (χ4n) is 3.10. The number of rotatable bonds is 5. The lowest BCUT2D eigenvalue weighted by Gasteiger charge is -2.35. The molecular weight excluding hydrogens is 318 g/mol. The molecule has 6 nitrogen and oxygen atoms in total. The molecule has 2 unspecified atom stereocenters. The van der Waals surface area contributed by atoms with Crippen LogP contribution in [0.15, 0.2) is 24.3 Å². The molecule has 0 radical (unpaired) electrons. The second kappa shape index (κ2) is 7.76. The topological polar surface area (TPSA) is 61.9 Å². The number of hydrogen-bond acceptors (Lipinski definition) is 3. The summed E-state index contributed by atoms with van der Waals surface area (Å²) in [5, 5.41) is 2.88. The minimum Gasteiger partial charge on any atom is -0.492 e. The second-order valence-electron chi connectivity index (χ2n) is 7.03. The van der Waals surface area contributed by atoms with Crippen LogP contribution in [0, 0.1) is 18.8 Å². The van der Waals surface area contributed by atoms with Crippen LogP contribution in [0.1, 0.15) is 18.9 Å². The van der Waals surface area contributed by atoms with Gasteiger partial charge in [0.1, 0.15) is 12.4 Å². The summed E-state index contributed by atoms with van der Waals surface area (Å²) in [6.45, 7) is 7.51. The number of nitrogens with zero attached hydrogens (tertiary/aromatic N) is 2. The molecule has 1 aromatic carbocycles. The largest absolute Gasteiger partial charge is 0.492 e. The first-order chi connectivity index (χ1) is 12.0. The first-order valence-corrected chi connectivity index (χ1v) is 9.05. The van der Waals surface area contributed by atoms with Crippen LogP contribution >= 0.6 is 0 Å². The Labute approximate surface area is 149 Å². The van der Waals surface area contributed by atoms with Crippen molar-refractivity contribution >= 4 is 11.9 Å². The Kier molecular flexibility index (Phi) is 5.46. The number of amides is 3. The van der Waals surface area contributed by atoms with Crippen LogP contribution in [-0.4, -0.2) is 61.1 Å². The second-order valence-corrected chi connectivity index (χ2v) is 7.03. The summed E-state index contributed by atoms with van der Waals surface area (Å²) in [5.74, 6) is 1.82. The van der Waals surface area contributed by atoms with Gasteiger partial charge < -0.3 is 19.9 Å². The quantitative estimate of drug-likeness (QED) is 0.829. The van der Waals surface area contributed by atoms with E-state index in [-0.39, 0.29) is 17.9 Å². The molecule has 6 heteroatoms. The standard InChI is InChI=1S/C19H27N3O3/c1-14-3-5-16(6-4-14)25-12-7-20-19(24)22-10-8-21(9-11-22)18(23)17-13-15(17)2/h3-6,15,17H,7-13H2,1-2H3,(H,20,24). The van der Waals surface area contributed by atoms with Crippen LogP contribution in [-0.2, 0) is 4.79 Å². The van der Waals surface area contributed by atoms with E-state index in [9.17, 15) is 9.59 Å². The van der Waals surface area contributed by atoms with Gasteiger partial charge in [0.05, 0.1) is 6.54 Å². The van der Waals surface area contributed by atoms with Crippen LogP contribution in [0.3, 0.4) is 0 Å². The maximum absolute atomic E-state index is 12.2. The third kappa shape index (κ3) is 4.65. The van der Waals surface area contributed by atoms with Crippen molar-refractivity contribution in [1.29, 1.82) is 0 Å². The number of carbonyl (C=O) groups excluding carboxylic acids is 2. The number of urea groups is 1. The molecule has 136 valence electrons. The highest BCUT2D eigenvalue weighted by Crippen LogP contribution is 2.39. The van der Waals surface area contributed by atoms with Gasteiger partial charge in [0.2, 0.25) is 5.91 Å². The Balaban J connectivity index is 1.32. The Hall–Kier alpha value is -2.24.